The first-order valence-corrected chi connectivity index (χ1v) is 7.72. The molecule has 20 heavy (non-hydrogen) atoms. The first-order chi connectivity index (χ1) is 9.30. The van der Waals surface area contributed by atoms with Gasteiger partial charge in [-0.2, -0.15) is 4.31 Å². The van der Waals surface area contributed by atoms with Crippen molar-refractivity contribution in [2.24, 2.45) is 0 Å². The molecule has 1 N–H and O–H groups in total. The summed E-state index contributed by atoms with van der Waals surface area (Å²) in [5.74, 6) is -0.258. The van der Waals surface area contributed by atoms with Gasteiger partial charge in [0.15, 0.2) is 0 Å². The van der Waals surface area contributed by atoms with Gasteiger partial charge in [0.05, 0.1) is 4.90 Å². The molecule has 1 rings (SSSR count). The summed E-state index contributed by atoms with van der Waals surface area (Å²) >= 11 is 0. The van der Waals surface area contributed by atoms with Crippen LogP contribution in [0.3, 0.4) is 0 Å². The second-order valence-corrected chi connectivity index (χ2v) is 6.64. The summed E-state index contributed by atoms with van der Waals surface area (Å²) in [6.07, 6.45) is 1.58. The lowest BCUT2D eigenvalue weighted by Crippen LogP contribution is -2.33. The fourth-order valence-corrected chi connectivity index (χ4v) is 2.86. The molecule has 0 atom stereocenters. The van der Waals surface area contributed by atoms with Crippen molar-refractivity contribution in [3.05, 3.63) is 42.5 Å². The Morgan fingerprint density at radius 3 is 2.35 bits per heavy atom. The van der Waals surface area contributed by atoms with Gasteiger partial charge in [0.25, 0.3) is 5.91 Å². The third kappa shape index (κ3) is 3.68. The highest BCUT2D eigenvalue weighted by atomic mass is 32.2. The van der Waals surface area contributed by atoms with Crippen LogP contribution in [0.2, 0.25) is 0 Å². The molecule has 5 nitrogen and oxygen atoms in total. The molecule has 110 valence electrons. The van der Waals surface area contributed by atoms with E-state index in [0.29, 0.717) is 12.1 Å². The SMILES string of the molecule is C=CCNC(=O)c1ccc(S(=O)(=O)N(C)C(C)C)cc1. The Bertz CT molecular complexity index is 577. The fraction of sp³-hybridized carbons (Fsp3) is 0.357. The van der Waals surface area contributed by atoms with E-state index < -0.39 is 10.0 Å². The van der Waals surface area contributed by atoms with Crippen LogP contribution in [0.1, 0.15) is 24.2 Å². The van der Waals surface area contributed by atoms with Gasteiger partial charge in [-0.3, -0.25) is 4.79 Å². The average molecular weight is 296 g/mol. The van der Waals surface area contributed by atoms with E-state index in [-0.39, 0.29) is 16.8 Å². The van der Waals surface area contributed by atoms with Crippen LogP contribution in [0, 0.1) is 0 Å². The molecule has 0 saturated heterocycles. The highest BCUT2D eigenvalue weighted by molar-refractivity contribution is 7.89. The molecule has 0 unspecified atom stereocenters. The fourth-order valence-electron chi connectivity index (χ4n) is 1.49. The van der Waals surface area contributed by atoms with Crippen molar-refractivity contribution in [2.45, 2.75) is 24.8 Å². The number of amides is 1. The number of nitrogens with one attached hydrogen (secondary N) is 1. The van der Waals surface area contributed by atoms with Crippen LogP contribution in [0.4, 0.5) is 0 Å². The zero-order chi connectivity index (χ0) is 15.3. The van der Waals surface area contributed by atoms with Crippen LogP contribution in [-0.2, 0) is 10.0 Å². The number of hydrogen-bond donors (Lipinski definition) is 1. The van der Waals surface area contributed by atoms with E-state index in [1.165, 1.54) is 35.6 Å². The first kappa shape index (κ1) is 16.4. The molecule has 0 bridgehead atoms. The third-order valence-corrected chi connectivity index (χ3v) is 4.98. The Balaban J connectivity index is 2.97. The smallest absolute Gasteiger partial charge is 0.251 e. The minimum atomic E-state index is -3.51. The van der Waals surface area contributed by atoms with Crippen molar-refractivity contribution < 1.29 is 13.2 Å². The van der Waals surface area contributed by atoms with Crippen LogP contribution in [-0.4, -0.2) is 38.3 Å². The van der Waals surface area contributed by atoms with E-state index in [1.807, 2.05) is 0 Å². The summed E-state index contributed by atoms with van der Waals surface area (Å²) in [5, 5.41) is 2.63. The molecule has 0 radical (unpaired) electrons. The van der Waals surface area contributed by atoms with E-state index >= 15 is 0 Å². The van der Waals surface area contributed by atoms with Crippen molar-refractivity contribution in [1.82, 2.24) is 9.62 Å². The van der Waals surface area contributed by atoms with Crippen molar-refractivity contribution in [2.75, 3.05) is 13.6 Å². The summed E-state index contributed by atoms with van der Waals surface area (Å²) in [5.41, 5.74) is 0.415. The minimum Gasteiger partial charge on any atom is -0.349 e. The molecular weight excluding hydrogens is 276 g/mol. The normalized spacial score (nSPS) is 11.7. The molecule has 1 amide bonds. The molecule has 0 saturated carbocycles. The Kier molecular flexibility index (Phi) is 5.47. The zero-order valence-electron chi connectivity index (χ0n) is 12.0. The number of hydrogen-bond acceptors (Lipinski definition) is 3. The van der Waals surface area contributed by atoms with Crippen LogP contribution >= 0.6 is 0 Å². The largest absolute Gasteiger partial charge is 0.349 e. The van der Waals surface area contributed by atoms with E-state index in [0.717, 1.165) is 0 Å². The molecule has 0 spiro atoms. The van der Waals surface area contributed by atoms with Gasteiger partial charge < -0.3 is 5.32 Å². The van der Waals surface area contributed by atoms with Crippen molar-refractivity contribution in [3.63, 3.8) is 0 Å². The van der Waals surface area contributed by atoms with Crippen LogP contribution in [0.15, 0.2) is 41.8 Å². The number of nitrogens with zero attached hydrogens (tertiary/aromatic N) is 1. The van der Waals surface area contributed by atoms with Gasteiger partial charge in [-0.1, -0.05) is 6.08 Å². The van der Waals surface area contributed by atoms with E-state index in [4.69, 9.17) is 0 Å². The standard InChI is InChI=1S/C14H20N2O3S/c1-5-10-15-14(17)12-6-8-13(9-7-12)20(18,19)16(4)11(2)3/h5-9,11H,1,10H2,2-4H3,(H,15,17). The van der Waals surface area contributed by atoms with Crippen LogP contribution in [0.25, 0.3) is 0 Å². The van der Waals surface area contributed by atoms with Crippen molar-refractivity contribution in [1.29, 1.82) is 0 Å². The van der Waals surface area contributed by atoms with Gasteiger partial charge in [-0.25, -0.2) is 8.42 Å². The molecule has 1 aromatic carbocycles. The second-order valence-electron chi connectivity index (χ2n) is 4.64. The van der Waals surface area contributed by atoms with Gasteiger partial charge >= 0.3 is 0 Å². The predicted octanol–water partition coefficient (Wildman–Crippen LogP) is 1.63. The maximum absolute atomic E-state index is 12.2. The molecule has 0 aliphatic heterocycles. The molecule has 1 aromatic rings. The minimum absolute atomic E-state index is 0.129. The lowest BCUT2D eigenvalue weighted by molar-refractivity contribution is 0.0958. The quantitative estimate of drug-likeness (QED) is 0.811. The number of carbonyl (C=O) groups excluding carboxylic acids is 1. The number of rotatable bonds is 6. The molecule has 0 aliphatic carbocycles. The average Bonchev–Trinajstić information content (AvgIpc) is 2.43. The Morgan fingerprint density at radius 1 is 1.35 bits per heavy atom. The van der Waals surface area contributed by atoms with Gasteiger partial charge in [-0.15, -0.1) is 6.58 Å². The van der Waals surface area contributed by atoms with E-state index in [2.05, 4.69) is 11.9 Å². The molecule has 0 aliphatic rings. The van der Waals surface area contributed by atoms with E-state index in [9.17, 15) is 13.2 Å². The lowest BCUT2D eigenvalue weighted by atomic mass is 10.2. The molecule has 0 aromatic heterocycles. The molecule has 6 heteroatoms. The highest BCUT2D eigenvalue weighted by Gasteiger charge is 2.23. The summed E-state index contributed by atoms with van der Waals surface area (Å²) in [7, 11) is -1.98. The number of carbonyl (C=O) groups is 1. The topological polar surface area (TPSA) is 66.5 Å². The van der Waals surface area contributed by atoms with Crippen molar-refractivity contribution >= 4 is 15.9 Å². The number of benzene rings is 1. The highest BCUT2D eigenvalue weighted by Crippen LogP contribution is 2.17. The molecule has 0 heterocycles. The summed E-state index contributed by atoms with van der Waals surface area (Å²) in [6.45, 7) is 7.48. The molecular formula is C14H20N2O3S. The zero-order valence-corrected chi connectivity index (χ0v) is 12.8. The number of sulfonamides is 1. The Morgan fingerprint density at radius 2 is 1.90 bits per heavy atom. The van der Waals surface area contributed by atoms with Crippen LogP contribution in [0.5, 0.6) is 0 Å². The second kappa shape index (κ2) is 6.67. The van der Waals surface area contributed by atoms with E-state index in [1.54, 1.807) is 19.9 Å². The van der Waals surface area contributed by atoms with Gasteiger partial charge in [0, 0.05) is 25.2 Å². The van der Waals surface area contributed by atoms with Gasteiger partial charge in [0.1, 0.15) is 0 Å². The first-order valence-electron chi connectivity index (χ1n) is 6.28. The van der Waals surface area contributed by atoms with Gasteiger partial charge in [-0.05, 0) is 38.1 Å². The monoisotopic (exact) mass is 296 g/mol. The Labute approximate surface area is 120 Å². The molecule has 0 fully saturated rings. The Hall–Kier alpha value is -1.66. The van der Waals surface area contributed by atoms with Crippen molar-refractivity contribution in [3.8, 4) is 0 Å². The lowest BCUT2D eigenvalue weighted by Gasteiger charge is -2.21. The summed E-state index contributed by atoms with van der Waals surface area (Å²) < 4.78 is 25.8. The maximum Gasteiger partial charge on any atom is 0.251 e. The summed E-state index contributed by atoms with van der Waals surface area (Å²) in [6, 6.07) is 5.75. The van der Waals surface area contributed by atoms with Gasteiger partial charge in [0.2, 0.25) is 10.0 Å². The summed E-state index contributed by atoms with van der Waals surface area (Å²) in [4.78, 5) is 11.9. The maximum atomic E-state index is 12.2. The van der Waals surface area contributed by atoms with Crippen LogP contribution < -0.4 is 5.32 Å². The third-order valence-electron chi connectivity index (χ3n) is 2.93. The predicted molar refractivity (Wildman–Crippen MR) is 79.1 cm³/mol.